The van der Waals surface area contributed by atoms with Crippen LogP contribution in [0, 0.1) is 0 Å². The lowest BCUT2D eigenvalue weighted by Crippen LogP contribution is -2.06. The Morgan fingerprint density at radius 2 is 1.85 bits per heavy atom. The number of rotatable bonds is 3. The van der Waals surface area contributed by atoms with Crippen molar-refractivity contribution in [2.75, 3.05) is 24.2 Å². The Hall–Kier alpha value is -0.640. The summed E-state index contributed by atoms with van der Waals surface area (Å²) in [4.78, 5) is 0. The Labute approximate surface area is 86.5 Å². The van der Waals surface area contributed by atoms with Crippen molar-refractivity contribution >= 4 is 34.6 Å². The molecule has 0 amide bonds. The molecule has 0 unspecified atom stereocenters. The van der Waals surface area contributed by atoms with E-state index in [1.54, 1.807) is 12.1 Å². The van der Waals surface area contributed by atoms with Gasteiger partial charge in [-0.1, -0.05) is 23.2 Å². The van der Waals surface area contributed by atoms with E-state index in [1.165, 1.54) is 0 Å². The molecule has 0 radical (unpaired) electrons. The van der Waals surface area contributed by atoms with Crippen molar-refractivity contribution in [2.24, 2.45) is 0 Å². The zero-order valence-electron chi connectivity index (χ0n) is 6.85. The minimum Gasteiger partial charge on any atom is -0.399 e. The van der Waals surface area contributed by atoms with Crippen LogP contribution in [0.4, 0.5) is 11.4 Å². The molecule has 4 N–H and O–H groups in total. The van der Waals surface area contributed by atoms with Crippen LogP contribution in [0.1, 0.15) is 0 Å². The number of nitrogens with two attached hydrogens (primary N) is 1. The molecule has 0 aliphatic carbocycles. The minimum absolute atomic E-state index is 0.0248. The predicted octanol–water partition coefficient (Wildman–Crippen LogP) is 1.98. The van der Waals surface area contributed by atoms with Crippen molar-refractivity contribution < 1.29 is 5.11 Å². The maximum absolute atomic E-state index is 8.59. The van der Waals surface area contributed by atoms with Gasteiger partial charge >= 0.3 is 0 Å². The minimum atomic E-state index is 0.0248. The Kier molecular flexibility index (Phi) is 3.66. The van der Waals surface area contributed by atoms with Crippen LogP contribution >= 0.6 is 23.2 Å². The van der Waals surface area contributed by atoms with E-state index in [9.17, 15) is 0 Å². The van der Waals surface area contributed by atoms with Crippen LogP contribution in [-0.4, -0.2) is 18.3 Å². The molecule has 0 fully saturated rings. The molecule has 0 heterocycles. The summed E-state index contributed by atoms with van der Waals surface area (Å²) >= 11 is 11.7. The lowest BCUT2D eigenvalue weighted by Gasteiger charge is -2.09. The van der Waals surface area contributed by atoms with E-state index in [0.717, 1.165) is 0 Å². The summed E-state index contributed by atoms with van der Waals surface area (Å²) in [5, 5.41) is 12.4. The van der Waals surface area contributed by atoms with Gasteiger partial charge in [-0.3, -0.25) is 0 Å². The number of halogens is 2. The molecule has 0 aliphatic heterocycles. The quantitative estimate of drug-likeness (QED) is 0.684. The Morgan fingerprint density at radius 1 is 1.31 bits per heavy atom. The largest absolute Gasteiger partial charge is 0.399 e. The number of hydrogen-bond acceptors (Lipinski definition) is 3. The van der Waals surface area contributed by atoms with E-state index in [4.69, 9.17) is 34.0 Å². The first-order valence-corrected chi connectivity index (χ1v) is 4.50. The third-order valence-electron chi connectivity index (χ3n) is 1.48. The lowest BCUT2D eigenvalue weighted by molar-refractivity contribution is 0.311. The van der Waals surface area contributed by atoms with E-state index >= 15 is 0 Å². The summed E-state index contributed by atoms with van der Waals surface area (Å²) in [7, 11) is 0. The Balaban J connectivity index is 2.92. The van der Waals surface area contributed by atoms with E-state index in [1.807, 2.05) is 0 Å². The van der Waals surface area contributed by atoms with Gasteiger partial charge in [0.05, 0.1) is 22.3 Å². The van der Waals surface area contributed by atoms with Crippen LogP contribution in [-0.2, 0) is 0 Å². The summed E-state index contributed by atoms with van der Waals surface area (Å²) in [6.45, 7) is 0.431. The highest BCUT2D eigenvalue weighted by molar-refractivity contribution is 6.39. The summed E-state index contributed by atoms with van der Waals surface area (Å²) in [6.07, 6.45) is 0. The van der Waals surface area contributed by atoms with Gasteiger partial charge in [0.1, 0.15) is 0 Å². The second-order valence-electron chi connectivity index (χ2n) is 2.51. The molecule has 0 saturated heterocycles. The van der Waals surface area contributed by atoms with E-state index in [2.05, 4.69) is 5.32 Å². The number of nitrogens with one attached hydrogen (secondary N) is 1. The molecule has 0 aromatic heterocycles. The van der Waals surface area contributed by atoms with E-state index < -0.39 is 0 Å². The monoisotopic (exact) mass is 220 g/mol. The van der Waals surface area contributed by atoms with Crippen molar-refractivity contribution in [3.63, 3.8) is 0 Å². The summed E-state index contributed by atoms with van der Waals surface area (Å²) in [6, 6.07) is 3.21. The maximum atomic E-state index is 8.59. The highest BCUT2D eigenvalue weighted by atomic mass is 35.5. The SMILES string of the molecule is Nc1cc(Cl)c(NCCO)c(Cl)c1. The van der Waals surface area contributed by atoms with Gasteiger partial charge in [0.15, 0.2) is 0 Å². The molecule has 0 bridgehead atoms. The molecule has 5 heteroatoms. The zero-order chi connectivity index (χ0) is 9.84. The summed E-state index contributed by atoms with van der Waals surface area (Å²) in [5.41, 5.74) is 6.63. The maximum Gasteiger partial charge on any atom is 0.0721 e. The van der Waals surface area contributed by atoms with Crippen molar-refractivity contribution in [2.45, 2.75) is 0 Å². The molecule has 13 heavy (non-hydrogen) atoms. The molecule has 0 aliphatic rings. The van der Waals surface area contributed by atoms with E-state index in [-0.39, 0.29) is 6.61 Å². The van der Waals surface area contributed by atoms with Crippen molar-refractivity contribution in [3.8, 4) is 0 Å². The third-order valence-corrected chi connectivity index (χ3v) is 2.07. The lowest BCUT2D eigenvalue weighted by atomic mass is 10.3. The first-order valence-electron chi connectivity index (χ1n) is 3.74. The van der Waals surface area contributed by atoms with E-state index in [0.29, 0.717) is 28.0 Å². The average molecular weight is 221 g/mol. The first-order chi connectivity index (χ1) is 6.15. The van der Waals surface area contributed by atoms with Crippen molar-refractivity contribution in [1.82, 2.24) is 0 Å². The van der Waals surface area contributed by atoms with Crippen LogP contribution in [0.15, 0.2) is 12.1 Å². The molecule has 72 valence electrons. The molecular formula is C8H10Cl2N2O. The van der Waals surface area contributed by atoms with Gasteiger partial charge in [-0.25, -0.2) is 0 Å². The van der Waals surface area contributed by atoms with Gasteiger partial charge in [-0.15, -0.1) is 0 Å². The van der Waals surface area contributed by atoms with Gasteiger partial charge in [0, 0.05) is 12.2 Å². The number of nitrogen functional groups attached to an aromatic ring is 1. The fourth-order valence-corrected chi connectivity index (χ4v) is 1.58. The predicted molar refractivity (Wildman–Crippen MR) is 56.4 cm³/mol. The fourth-order valence-electron chi connectivity index (χ4n) is 0.943. The number of aliphatic hydroxyl groups excluding tert-OH is 1. The number of benzene rings is 1. The number of aliphatic hydroxyl groups is 1. The zero-order valence-corrected chi connectivity index (χ0v) is 8.36. The standard InChI is InChI=1S/C8H10Cl2N2O/c9-6-3-5(11)4-7(10)8(6)12-1-2-13/h3-4,12-13H,1-2,11H2. The fraction of sp³-hybridized carbons (Fsp3) is 0.250. The summed E-state index contributed by atoms with van der Waals surface area (Å²) in [5.74, 6) is 0. The number of hydrogen-bond donors (Lipinski definition) is 3. The van der Waals surface area contributed by atoms with Crippen molar-refractivity contribution in [3.05, 3.63) is 22.2 Å². The van der Waals surface area contributed by atoms with Crippen LogP contribution in [0.25, 0.3) is 0 Å². The highest BCUT2D eigenvalue weighted by Crippen LogP contribution is 2.32. The van der Waals surface area contributed by atoms with Crippen LogP contribution < -0.4 is 11.1 Å². The van der Waals surface area contributed by atoms with Gasteiger partial charge in [-0.05, 0) is 12.1 Å². The smallest absolute Gasteiger partial charge is 0.0721 e. The molecule has 0 spiro atoms. The average Bonchev–Trinajstić information content (AvgIpc) is 2.02. The molecule has 1 aromatic carbocycles. The Bertz CT molecular complexity index is 281. The number of anilines is 2. The third kappa shape index (κ3) is 2.66. The molecule has 0 saturated carbocycles. The second kappa shape index (κ2) is 4.56. The molecular weight excluding hydrogens is 211 g/mol. The van der Waals surface area contributed by atoms with Gasteiger partial charge in [0.2, 0.25) is 0 Å². The van der Waals surface area contributed by atoms with Gasteiger partial charge in [-0.2, -0.15) is 0 Å². The van der Waals surface area contributed by atoms with Crippen molar-refractivity contribution in [1.29, 1.82) is 0 Å². The van der Waals surface area contributed by atoms with Crippen LogP contribution in [0.2, 0.25) is 10.0 Å². The summed E-state index contributed by atoms with van der Waals surface area (Å²) < 4.78 is 0. The molecule has 0 atom stereocenters. The van der Waals surface area contributed by atoms with Gasteiger partial charge < -0.3 is 16.2 Å². The molecule has 1 aromatic rings. The highest BCUT2D eigenvalue weighted by Gasteiger charge is 2.05. The first kappa shape index (κ1) is 10.4. The second-order valence-corrected chi connectivity index (χ2v) is 3.32. The Morgan fingerprint density at radius 3 is 2.31 bits per heavy atom. The van der Waals surface area contributed by atoms with Crippen LogP contribution in [0.5, 0.6) is 0 Å². The topological polar surface area (TPSA) is 58.3 Å². The van der Waals surface area contributed by atoms with Crippen LogP contribution in [0.3, 0.4) is 0 Å². The van der Waals surface area contributed by atoms with Gasteiger partial charge in [0.25, 0.3) is 0 Å². The molecule has 3 nitrogen and oxygen atoms in total. The normalized spacial score (nSPS) is 10.1. The molecule has 1 rings (SSSR count).